The molecule has 2 aromatic rings. The number of hydrogen-bond acceptors (Lipinski definition) is 3. The smallest absolute Gasteiger partial charge is 0.261 e. The van der Waals surface area contributed by atoms with Crippen LogP contribution in [0.2, 0.25) is 10.0 Å². The minimum absolute atomic E-state index is 0.126. The fourth-order valence-corrected chi connectivity index (χ4v) is 3.69. The molecule has 2 N–H and O–H groups in total. The Morgan fingerprint density at radius 2 is 1.73 bits per heavy atom. The average Bonchev–Trinajstić information content (AvgIpc) is 2.84. The highest BCUT2D eigenvalue weighted by molar-refractivity contribution is 6.38. The summed E-state index contributed by atoms with van der Waals surface area (Å²) in [4.78, 5) is 24.9. The Morgan fingerprint density at radius 1 is 1.12 bits per heavy atom. The Hall–Kier alpha value is -1.88. The normalized spacial score (nSPS) is 18.8. The number of halogens is 2. The van der Waals surface area contributed by atoms with Gasteiger partial charge in [0.1, 0.15) is 5.78 Å². The van der Waals surface area contributed by atoms with E-state index in [2.05, 4.69) is 19.2 Å². The molecule has 0 bridgehead atoms. The van der Waals surface area contributed by atoms with Gasteiger partial charge in [0.15, 0.2) is 5.60 Å². The molecule has 1 heterocycles. The fraction of sp³-hybridized carbons (Fsp3) is 0.300. The van der Waals surface area contributed by atoms with E-state index >= 15 is 0 Å². The average molecular weight is 392 g/mol. The summed E-state index contributed by atoms with van der Waals surface area (Å²) < 4.78 is 0. The number of aliphatic hydroxyl groups is 1. The first-order valence-electron chi connectivity index (χ1n) is 8.35. The molecule has 1 aliphatic rings. The summed E-state index contributed by atoms with van der Waals surface area (Å²) in [6.45, 7) is 4.20. The SMILES string of the molecule is CC(C)c1ccc(CC(=O)CC2(O)C(=O)Nc3c(Cl)ccc(Cl)c32)cc1. The molecule has 26 heavy (non-hydrogen) atoms. The highest BCUT2D eigenvalue weighted by Gasteiger charge is 2.48. The van der Waals surface area contributed by atoms with Gasteiger partial charge in [0.05, 0.1) is 10.7 Å². The first-order chi connectivity index (χ1) is 12.2. The molecule has 1 aliphatic heterocycles. The third-order valence-corrected chi connectivity index (χ3v) is 5.26. The zero-order valence-electron chi connectivity index (χ0n) is 14.5. The summed E-state index contributed by atoms with van der Waals surface area (Å²) in [5.74, 6) is -0.541. The number of benzene rings is 2. The number of amides is 1. The van der Waals surface area contributed by atoms with Crippen molar-refractivity contribution in [2.45, 2.75) is 38.2 Å². The van der Waals surface area contributed by atoms with Gasteiger partial charge in [-0.15, -0.1) is 0 Å². The molecule has 4 nitrogen and oxygen atoms in total. The van der Waals surface area contributed by atoms with Crippen LogP contribution in [0.15, 0.2) is 36.4 Å². The van der Waals surface area contributed by atoms with Crippen LogP contribution >= 0.6 is 23.2 Å². The predicted molar refractivity (Wildman–Crippen MR) is 103 cm³/mol. The lowest BCUT2D eigenvalue weighted by Crippen LogP contribution is -2.37. The van der Waals surface area contributed by atoms with Crippen LogP contribution in [0.3, 0.4) is 0 Å². The van der Waals surface area contributed by atoms with Crippen LogP contribution in [-0.4, -0.2) is 16.8 Å². The summed E-state index contributed by atoms with van der Waals surface area (Å²) >= 11 is 12.2. The number of anilines is 1. The Kier molecular flexibility index (Phi) is 5.11. The van der Waals surface area contributed by atoms with E-state index in [9.17, 15) is 14.7 Å². The minimum Gasteiger partial charge on any atom is -0.375 e. The number of rotatable bonds is 5. The molecule has 2 aromatic carbocycles. The molecular formula is C20H19Cl2NO3. The van der Waals surface area contributed by atoms with E-state index in [1.807, 2.05) is 24.3 Å². The highest BCUT2D eigenvalue weighted by Crippen LogP contribution is 2.46. The monoisotopic (exact) mass is 391 g/mol. The van der Waals surface area contributed by atoms with Gasteiger partial charge in [-0.3, -0.25) is 9.59 Å². The van der Waals surface area contributed by atoms with Crippen molar-refractivity contribution in [2.24, 2.45) is 0 Å². The Balaban J connectivity index is 1.81. The van der Waals surface area contributed by atoms with Crippen LogP contribution in [0.4, 0.5) is 5.69 Å². The van der Waals surface area contributed by atoms with Crippen LogP contribution in [0.1, 0.15) is 42.9 Å². The molecule has 6 heteroatoms. The summed E-state index contributed by atoms with van der Waals surface area (Å²) in [6, 6.07) is 10.8. The maximum Gasteiger partial charge on any atom is 0.261 e. The van der Waals surface area contributed by atoms with Crippen molar-refractivity contribution >= 4 is 40.6 Å². The zero-order valence-corrected chi connectivity index (χ0v) is 16.0. The molecular weight excluding hydrogens is 373 g/mol. The van der Waals surface area contributed by atoms with Crippen molar-refractivity contribution in [1.29, 1.82) is 0 Å². The highest BCUT2D eigenvalue weighted by atomic mass is 35.5. The van der Waals surface area contributed by atoms with E-state index < -0.39 is 11.5 Å². The van der Waals surface area contributed by atoms with Gasteiger partial charge in [0.25, 0.3) is 5.91 Å². The van der Waals surface area contributed by atoms with E-state index in [0.29, 0.717) is 5.92 Å². The summed E-state index contributed by atoms with van der Waals surface area (Å²) in [5, 5.41) is 13.9. The second kappa shape index (κ2) is 7.03. The first-order valence-corrected chi connectivity index (χ1v) is 9.11. The second-order valence-corrected chi connectivity index (χ2v) is 7.70. The van der Waals surface area contributed by atoms with Crippen molar-refractivity contribution in [2.75, 3.05) is 5.32 Å². The summed E-state index contributed by atoms with van der Waals surface area (Å²) in [5.41, 5.74) is 0.441. The van der Waals surface area contributed by atoms with E-state index in [-0.39, 0.29) is 39.9 Å². The van der Waals surface area contributed by atoms with Gasteiger partial charge in [-0.1, -0.05) is 61.3 Å². The van der Waals surface area contributed by atoms with Crippen molar-refractivity contribution in [3.63, 3.8) is 0 Å². The molecule has 0 saturated carbocycles. The van der Waals surface area contributed by atoms with Crippen LogP contribution < -0.4 is 5.32 Å². The summed E-state index contributed by atoms with van der Waals surface area (Å²) in [6.07, 6.45) is -0.237. The van der Waals surface area contributed by atoms with Crippen molar-refractivity contribution < 1.29 is 14.7 Å². The van der Waals surface area contributed by atoms with Gasteiger partial charge in [0, 0.05) is 23.4 Å². The maximum absolute atomic E-state index is 12.5. The lowest BCUT2D eigenvalue weighted by Gasteiger charge is -2.21. The van der Waals surface area contributed by atoms with Crippen molar-refractivity contribution in [1.82, 2.24) is 0 Å². The van der Waals surface area contributed by atoms with Gasteiger partial charge < -0.3 is 10.4 Å². The molecule has 1 unspecified atom stereocenters. The van der Waals surface area contributed by atoms with Gasteiger partial charge in [-0.05, 0) is 29.2 Å². The number of carbonyl (C=O) groups is 2. The number of nitrogens with one attached hydrogen (secondary N) is 1. The van der Waals surface area contributed by atoms with E-state index in [1.54, 1.807) is 0 Å². The van der Waals surface area contributed by atoms with Gasteiger partial charge in [-0.2, -0.15) is 0 Å². The maximum atomic E-state index is 12.5. The number of fused-ring (bicyclic) bond motifs is 1. The number of Topliss-reactive ketones (excluding diaryl/α,β-unsaturated/α-hetero) is 1. The minimum atomic E-state index is -2.01. The number of carbonyl (C=O) groups excluding carboxylic acids is 2. The van der Waals surface area contributed by atoms with Crippen LogP contribution in [0.5, 0.6) is 0 Å². The van der Waals surface area contributed by atoms with Gasteiger partial charge >= 0.3 is 0 Å². The molecule has 0 spiro atoms. The zero-order chi connectivity index (χ0) is 19.1. The van der Waals surface area contributed by atoms with Crippen LogP contribution in [-0.2, 0) is 21.6 Å². The van der Waals surface area contributed by atoms with Gasteiger partial charge in [-0.25, -0.2) is 0 Å². The molecule has 0 aromatic heterocycles. The van der Waals surface area contributed by atoms with Crippen molar-refractivity contribution in [3.8, 4) is 0 Å². The molecule has 3 rings (SSSR count). The largest absolute Gasteiger partial charge is 0.375 e. The molecule has 136 valence electrons. The van der Waals surface area contributed by atoms with Crippen molar-refractivity contribution in [3.05, 3.63) is 63.1 Å². The topological polar surface area (TPSA) is 66.4 Å². The molecule has 1 atom stereocenters. The molecule has 0 aliphatic carbocycles. The number of hydrogen-bond donors (Lipinski definition) is 2. The van der Waals surface area contributed by atoms with E-state index in [1.165, 1.54) is 17.7 Å². The van der Waals surface area contributed by atoms with E-state index in [4.69, 9.17) is 23.2 Å². The number of ketones is 1. The molecule has 0 fully saturated rings. The quantitative estimate of drug-likeness (QED) is 0.790. The second-order valence-electron chi connectivity index (χ2n) is 6.88. The fourth-order valence-electron chi connectivity index (χ4n) is 3.17. The molecule has 1 amide bonds. The lowest BCUT2D eigenvalue weighted by molar-refractivity contribution is -0.139. The Morgan fingerprint density at radius 3 is 2.35 bits per heavy atom. The first kappa shape index (κ1) is 18.9. The Labute approximate surface area is 162 Å². The van der Waals surface area contributed by atoms with Crippen LogP contribution in [0.25, 0.3) is 0 Å². The molecule has 0 radical (unpaired) electrons. The summed E-state index contributed by atoms with van der Waals surface area (Å²) in [7, 11) is 0. The standard InChI is InChI=1S/C20H19Cl2NO3/c1-11(2)13-5-3-12(4-6-13)9-14(24)10-20(26)17-15(21)7-8-16(22)18(17)23-19(20)25/h3-8,11,26H,9-10H2,1-2H3,(H,23,25). The lowest BCUT2D eigenvalue weighted by atomic mass is 9.88. The van der Waals surface area contributed by atoms with Gasteiger partial charge in [0.2, 0.25) is 0 Å². The molecule has 0 saturated heterocycles. The van der Waals surface area contributed by atoms with E-state index in [0.717, 1.165) is 5.56 Å². The Bertz CT molecular complexity index is 877. The third kappa shape index (κ3) is 3.37. The third-order valence-electron chi connectivity index (χ3n) is 4.63. The predicted octanol–water partition coefficient (Wildman–Crippen LogP) is 4.46. The van der Waals surface area contributed by atoms with Crippen LogP contribution in [0, 0.1) is 0 Å².